The first kappa shape index (κ1) is 15.4. The molecule has 0 radical (unpaired) electrons. The Balaban J connectivity index is 2.07. The first-order valence-electron chi connectivity index (χ1n) is 6.69. The molecule has 0 saturated carbocycles. The molecular weight excluding hydrogens is 284 g/mol. The highest BCUT2D eigenvalue weighted by Gasteiger charge is 2.10. The normalized spacial score (nSPS) is 10.6. The van der Waals surface area contributed by atoms with Crippen molar-refractivity contribution >= 4 is 12.1 Å². The number of hydrogen-bond acceptors (Lipinski definition) is 5. The van der Waals surface area contributed by atoms with Crippen LogP contribution in [0.1, 0.15) is 22.8 Å². The van der Waals surface area contributed by atoms with Gasteiger partial charge in [0, 0.05) is 11.6 Å². The van der Waals surface area contributed by atoms with Crippen molar-refractivity contribution in [3.8, 4) is 17.2 Å². The lowest BCUT2D eigenvalue weighted by Gasteiger charge is -2.06. The van der Waals surface area contributed by atoms with Crippen LogP contribution in [0.4, 0.5) is 0 Å². The minimum Gasteiger partial charge on any atom is -0.508 e. The number of phenols is 2. The fourth-order valence-electron chi connectivity index (χ4n) is 1.81. The summed E-state index contributed by atoms with van der Waals surface area (Å²) in [6, 6.07) is 11.0. The number of amides is 1. The SMILES string of the molecule is CCOc1ccccc1/C=N\NC(=O)c1ccc(O)cc1O. The van der Waals surface area contributed by atoms with Gasteiger partial charge in [-0.15, -0.1) is 0 Å². The molecule has 0 aliphatic rings. The van der Waals surface area contributed by atoms with Crippen LogP contribution in [0.5, 0.6) is 17.2 Å². The average Bonchev–Trinajstić information content (AvgIpc) is 2.49. The summed E-state index contributed by atoms with van der Waals surface area (Å²) in [6.45, 7) is 2.40. The Bertz CT molecular complexity index is 698. The quantitative estimate of drug-likeness (QED) is 0.583. The highest BCUT2D eigenvalue weighted by atomic mass is 16.5. The van der Waals surface area contributed by atoms with Crippen LogP contribution in [-0.2, 0) is 0 Å². The molecule has 2 aromatic rings. The van der Waals surface area contributed by atoms with Crippen LogP contribution >= 0.6 is 0 Å². The Kier molecular flexibility index (Phi) is 4.98. The topological polar surface area (TPSA) is 91.2 Å². The minimum atomic E-state index is -0.581. The van der Waals surface area contributed by atoms with Gasteiger partial charge in [-0.3, -0.25) is 4.79 Å². The monoisotopic (exact) mass is 300 g/mol. The lowest BCUT2D eigenvalue weighted by Crippen LogP contribution is -2.17. The number of nitrogens with zero attached hydrogens (tertiary/aromatic N) is 1. The third kappa shape index (κ3) is 3.76. The van der Waals surface area contributed by atoms with E-state index in [1.54, 1.807) is 12.1 Å². The Morgan fingerprint density at radius 1 is 1.27 bits per heavy atom. The van der Waals surface area contributed by atoms with Crippen LogP contribution in [0, 0.1) is 0 Å². The van der Waals surface area contributed by atoms with E-state index in [1.807, 2.05) is 19.1 Å². The van der Waals surface area contributed by atoms with Crippen LogP contribution in [-0.4, -0.2) is 28.9 Å². The highest BCUT2D eigenvalue weighted by molar-refractivity contribution is 5.97. The summed E-state index contributed by atoms with van der Waals surface area (Å²) in [4.78, 5) is 11.9. The van der Waals surface area contributed by atoms with E-state index in [-0.39, 0.29) is 17.1 Å². The molecule has 0 atom stereocenters. The van der Waals surface area contributed by atoms with Gasteiger partial charge in [-0.05, 0) is 31.2 Å². The van der Waals surface area contributed by atoms with E-state index in [0.29, 0.717) is 12.4 Å². The van der Waals surface area contributed by atoms with Crippen molar-refractivity contribution in [3.63, 3.8) is 0 Å². The van der Waals surface area contributed by atoms with E-state index in [2.05, 4.69) is 10.5 Å². The highest BCUT2D eigenvalue weighted by Crippen LogP contribution is 2.22. The fourth-order valence-corrected chi connectivity index (χ4v) is 1.81. The van der Waals surface area contributed by atoms with Gasteiger partial charge in [0.05, 0.1) is 18.4 Å². The zero-order valence-corrected chi connectivity index (χ0v) is 12.0. The van der Waals surface area contributed by atoms with E-state index < -0.39 is 5.91 Å². The maximum Gasteiger partial charge on any atom is 0.275 e. The van der Waals surface area contributed by atoms with Crippen molar-refractivity contribution in [1.82, 2.24) is 5.43 Å². The van der Waals surface area contributed by atoms with E-state index >= 15 is 0 Å². The third-order valence-corrected chi connectivity index (χ3v) is 2.81. The van der Waals surface area contributed by atoms with Crippen molar-refractivity contribution in [2.45, 2.75) is 6.92 Å². The summed E-state index contributed by atoms with van der Waals surface area (Å²) in [7, 11) is 0. The van der Waals surface area contributed by atoms with Crippen molar-refractivity contribution in [2.24, 2.45) is 5.10 Å². The van der Waals surface area contributed by atoms with Crippen LogP contribution in [0.2, 0.25) is 0 Å². The van der Waals surface area contributed by atoms with Crippen molar-refractivity contribution in [2.75, 3.05) is 6.61 Å². The second-order valence-electron chi connectivity index (χ2n) is 4.37. The summed E-state index contributed by atoms with van der Waals surface area (Å²) in [5, 5.41) is 22.6. The molecule has 0 aliphatic heterocycles. The van der Waals surface area contributed by atoms with Gasteiger partial charge in [0.15, 0.2) is 0 Å². The molecule has 3 N–H and O–H groups in total. The number of carbonyl (C=O) groups excluding carboxylic acids is 1. The Morgan fingerprint density at radius 3 is 2.77 bits per heavy atom. The molecule has 22 heavy (non-hydrogen) atoms. The standard InChI is InChI=1S/C16H16N2O4/c1-2-22-15-6-4-3-5-11(15)10-17-18-16(21)13-8-7-12(19)9-14(13)20/h3-10,19-20H,2H2,1H3,(H,18,21)/b17-10-. The third-order valence-electron chi connectivity index (χ3n) is 2.81. The van der Waals surface area contributed by atoms with Crippen molar-refractivity contribution in [1.29, 1.82) is 0 Å². The van der Waals surface area contributed by atoms with Gasteiger partial charge in [0.2, 0.25) is 0 Å². The molecule has 0 fully saturated rings. The first-order valence-corrected chi connectivity index (χ1v) is 6.69. The summed E-state index contributed by atoms with van der Waals surface area (Å²) in [6.07, 6.45) is 1.46. The minimum absolute atomic E-state index is 0.0213. The van der Waals surface area contributed by atoms with E-state index in [4.69, 9.17) is 4.74 Å². The maximum absolute atomic E-state index is 11.9. The number of ether oxygens (including phenoxy) is 1. The second kappa shape index (κ2) is 7.12. The van der Waals surface area contributed by atoms with Gasteiger partial charge in [0.1, 0.15) is 17.2 Å². The molecule has 0 aromatic heterocycles. The van der Waals surface area contributed by atoms with E-state index in [1.165, 1.54) is 18.3 Å². The predicted octanol–water partition coefficient (Wildman–Crippen LogP) is 2.26. The molecule has 0 spiro atoms. The molecule has 2 rings (SSSR count). The zero-order chi connectivity index (χ0) is 15.9. The number of para-hydroxylation sites is 1. The van der Waals surface area contributed by atoms with Gasteiger partial charge >= 0.3 is 0 Å². The molecule has 0 saturated heterocycles. The Morgan fingerprint density at radius 2 is 2.05 bits per heavy atom. The van der Waals surface area contributed by atoms with Gasteiger partial charge in [-0.1, -0.05) is 12.1 Å². The number of aromatic hydroxyl groups is 2. The molecule has 1 amide bonds. The van der Waals surface area contributed by atoms with Gasteiger partial charge in [-0.25, -0.2) is 5.43 Å². The predicted molar refractivity (Wildman–Crippen MR) is 82.4 cm³/mol. The van der Waals surface area contributed by atoms with E-state index in [0.717, 1.165) is 11.6 Å². The molecule has 0 bridgehead atoms. The smallest absolute Gasteiger partial charge is 0.275 e. The van der Waals surface area contributed by atoms with Gasteiger partial charge in [0.25, 0.3) is 5.91 Å². The van der Waals surface area contributed by atoms with Crippen LogP contribution < -0.4 is 10.2 Å². The summed E-state index contributed by atoms with van der Waals surface area (Å²) in [5.74, 6) is -0.358. The van der Waals surface area contributed by atoms with Gasteiger partial charge < -0.3 is 14.9 Å². The molecule has 6 nitrogen and oxygen atoms in total. The fraction of sp³-hybridized carbons (Fsp3) is 0.125. The summed E-state index contributed by atoms with van der Waals surface area (Å²) < 4.78 is 5.44. The molecule has 0 aliphatic carbocycles. The van der Waals surface area contributed by atoms with Gasteiger partial charge in [-0.2, -0.15) is 5.10 Å². The number of hydrogen-bond donors (Lipinski definition) is 3. The maximum atomic E-state index is 11.9. The molecule has 2 aromatic carbocycles. The Labute approximate surface area is 127 Å². The number of phenolic OH excluding ortho intramolecular Hbond substituents is 2. The number of nitrogens with one attached hydrogen (secondary N) is 1. The molecular formula is C16H16N2O4. The zero-order valence-electron chi connectivity index (χ0n) is 12.0. The van der Waals surface area contributed by atoms with Crippen molar-refractivity contribution in [3.05, 3.63) is 53.6 Å². The van der Waals surface area contributed by atoms with Crippen molar-refractivity contribution < 1.29 is 19.7 Å². The summed E-state index contributed by atoms with van der Waals surface area (Å²) >= 11 is 0. The van der Waals surface area contributed by atoms with Crippen LogP contribution in [0.3, 0.4) is 0 Å². The lowest BCUT2D eigenvalue weighted by atomic mass is 10.2. The van der Waals surface area contributed by atoms with E-state index in [9.17, 15) is 15.0 Å². The lowest BCUT2D eigenvalue weighted by molar-refractivity contribution is 0.0952. The number of rotatable bonds is 5. The number of benzene rings is 2. The molecule has 114 valence electrons. The molecule has 6 heteroatoms. The Hall–Kier alpha value is -3.02. The molecule has 0 heterocycles. The molecule has 0 unspecified atom stereocenters. The second-order valence-corrected chi connectivity index (χ2v) is 4.37. The average molecular weight is 300 g/mol. The first-order chi connectivity index (χ1) is 10.6. The summed E-state index contributed by atoms with van der Waals surface area (Å²) in [5.41, 5.74) is 3.05. The number of hydrazone groups is 1. The van der Waals surface area contributed by atoms with Crippen LogP contribution in [0.25, 0.3) is 0 Å². The number of carbonyl (C=O) groups is 1. The largest absolute Gasteiger partial charge is 0.508 e. The van der Waals surface area contributed by atoms with Crippen LogP contribution in [0.15, 0.2) is 47.6 Å².